The maximum absolute atomic E-state index is 13.0. The fourth-order valence-electron chi connectivity index (χ4n) is 2.59. The van der Waals surface area contributed by atoms with Gasteiger partial charge in [-0.15, -0.1) is 0 Å². The zero-order valence-corrected chi connectivity index (χ0v) is 12.5. The van der Waals surface area contributed by atoms with Gasteiger partial charge in [-0.25, -0.2) is 4.39 Å². The van der Waals surface area contributed by atoms with Gasteiger partial charge in [0.2, 0.25) is 5.91 Å². The largest absolute Gasteiger partial charge is 0.323 e. The van der Waals surface area contributed by atoms with Crippen LogP contribution in [0, 0.1) is 5.82 Å². The summed E-state index contributed by atoms with van der Waals surface area (Å²) >= 11 is 3.27. The maximum atomic E-state index is 13.0. The zero-order chi connectivity index (χ0) is 13.9. The number of carbonyl (C=O) groups is 1. The molecule has 5 heteroatoms. The highest BCUT2D eigenvalue weighted by atomic mass is 79.9. The molecule has 1 atom stereocenters. The number of hydrogen-bond donors (Lipinski definition) is 2. The predicted molar refractivity (Wildman–Crippen MR) is 77.6 cm³/mol. The van der Waals surface area contributed by atoms with E-state index >= 15 is 0 Å². The van der Waals surface area contributed by atoms with Gasteiger partial charge in [-0.2, -0.15) is 0 Å². The van der Waals surface area contributed by atoms with Gasteiger partial charge in [0.25, 0.3) is 0 Å². The number of amides is 1. The number of halogens is 2. The Morgan fingerprint density at radius 2 is 2.37 bits per heavy atom. The summed E-state index contributed by atoms with van der Waals surface area (Å²) in [6, 6.07) is 4.27. The van der Waals surface area contributed by atoms with Crippen LogP contribution in [0.5, 0.6) is 0 Å². The molecular formula is C14H18BrFN2O. The molecule has 104 valence electrons. The summed E-state index contributed by atoms with van der Waals surface area (Å²) in [4.78, 5) is 12.5. The molecule has 1 unspecified atom stereocenters. The van der Waals surface area contributed by atoms with Gasteiger partial charge in [0.15, 0.2) is 0 Å². The third-order valence-electron chi connectivity index (χ3n) is 3.53. The molecule has 1 aliphatic rings. The van der Waals surface area contributed by atoms with Gasteiger partial charge in [-0.05, 0) is 59.9 Å². The Hall–Kier alpha value is -0.940. The van der Waals surface area contributed by atoms with E-state index in [9.17, 15) is 9.18 Å². The molecule has 1 saturated heterocycles. The molecule has 1 amide bonds. The van der Waals surface area contributed by atoms with Gasteiger partial charge in [-0.1, -0.05) is 13.3 Å². The highest BCUT2D eigenvalue weighted by Gasteiger charge is 2.39. The minimum atomic E-state index is -0.470. The Labute approximate surface area is 121 Å². The SMILES string of the molecule is CCCC1(C(=O)Nc2ccc(F)cc2Br)CCCN1. The van der Waals surface area contributed by atoms with Crippen molar-refractivity contribution >= 4 is 27.5 Å². The van der Waals surface area contributed by atoms with Gasteiger partial charge < -0.3 is 10.6 Å². The number of rotatable bonds is 4. The summed E-state index contributed by atoms with van der Waals surface area (Å²) in [5.74, 6) is -0.355. The average Bonchev–Trinajstić information content (AvgIpc) is 2.83. The lowest BCUT2D eigenvalue weighted by molar-refractivity contribution is -0.122. The molecule has 0 radical (unpaired) electrons. The topological polar surface area (TPSA) is 41.1 Å². The molecule has 1 aromatic carbocycles. The van der Waals surface area contributed by atoms with Crippen LogP contribution in [0.4, 0.5) is 10.1 Å². The number of carbonyl (C=O) groups excluding carboxylic acids is 1. The van der Waals surface area contributed by atoms with Crippen molar-refractivity contribution in [1.82, 2.24) is 5.32 Å². The second kappa shape index (κ2) is 6.01. The lowest BCUT2D eigenvalue weighted by Gasteiger charge is -2.28. The van der Waals surface area contributed by atoms with Crippen molar-refractivity contribution in [2.45, 2.75) is 38.1 Å². The summed E-state index contributed by atoms with van der Waals surface area (Å²) in [6.45, 7) is 2.95. The van der Waals surface area contributed by atoms with Gasteiger partial charge in [-0.3, -0.25) is 4.79 Å². The Balaban J connectivity index is 2.15. The van der Waals surface area contributed by atoms with Crippen LogP contribution in [0.25, 0.3) is 0 Å². The van der Waals surface area contributed by atoms with Gasteiger partial charge >= 0.3 is 0 Å². The lowest BCUT2D eigenvalue weighted by Crippen LogP contribution is -2.50. The molecule has 1 fully saturated rings. The van der Waals surface area contributed by atoms with Crippen LogP contribution in [-0.4, -0.2) is 18.0 Å². The molecule has 1 aliphatic heterocycles. The summed E-state index contributed by atoms with van der Waals surface area (Å²) in [7, 11) is 0. The molecule has 3 nitrogen and oxygen atoms in total. The summed E-state index contributed by atoms with van der Waals surface area (Å²) in [6.07, 6.45) is 3.63. The molecule has 0 saturated carbocycles. The van der Waals surface area contributed by atoms with Crippen LogP contribution in [0.3, 0.4) is 0 Å². The first-order valence-electron chi connectivity index (χ1n) is 6.59. The van der Waals surface area contributed by atoms with E-state index in [2.05, 4.69) is 33.5 Å². The third kappa shape index (κ3) is 3.15. The number of hydrogen-bond acceptors (Lipinski definition) is 2. The normalized spacial score (nSPS) is 22.5. The fraction of sp³-hybridized carbons (Fsp3) is 0.500. The van der Waals surface area contributed by atoms with Crippen molar-refractivity contribution in [2.24, 2.45) is 0 Å². The molecule has 0 bridgehead atoms. The van der Waals surface area contributed by atoms with E-state index in [1.807, 2.05) is 0 Å². The van der Waals surface area contributed by atoms with E-state index in [4.69, 9.17) is 0 Å². The first kappa shape index (κ1) is 14.5. The molecule has 1 aromatic rings. The Bertz CT molecular complexity index is 473. The minimum Gasteiger partial charge on any atom is -0.323 e. The monoisotopic (exact) mass is 328 g/mol. The van der Waals surface area contributed by atoms with E-state index in [-0.39, 0.29) is 11.7 Å². The molecular weight excluding hydrogens is 311 g/mol. The fourth-order valence-corrected chi connectivity index (χ4v) is 3.04. The predicted octanol–water partition coefficient (Wildman–Crippen LogP) is 3.45. The van der Waals surface area contributed by atoms with Crippen molar-refractivity contribution in [1.29, 1.82) is 0 Å². The van der Waals surface area contributed by atoms with Crippen LogP contribution in [-0.2, 0) is 4.79 Å². The second-order valence-corrected chi connectivity index (χ2v) is 5.80. The number of nitrogens with one attached hydrogen (secondary N) is 2. The first-order valence-corrected chi connectivity index (χ1v) is 7.38. The first-order chi connectivity index (χ1) is 9.07. The van der Waals surface area contributed by atoms with Crippen LogP contribution in [0.1, 0.15) is 32.6 Å². The maximum Gasteiger partial charge on any atom is 0.244 e. The zero-order valence-electron chi connectivity index (χ0n) is 10.9. The molecule has 2 N–H and O–H groups in total. The van der Waals surface area contributed by atoms with Gasteiger partial charge in [0, 0.05) is 4.47 Å². The summed E-state index contributed by atoms with van der Waals surface area (Å²) in [5, 5.41) is 6.21. The van der Waals surface area contributed by atoms with Crippen molar-refractivity contribution in [3.63, 3.8) is 0 Å². The molecule has 2 rings (SSSR count). The van der Waals surface area contributed by atoms with Gasteiger partial charge in [0.05, 0.1) is 11.2 Å². The molecule has 19 heavy (non-hydrogen) atoms. The van der Waals surface area contributed by atoms with E-state index in [0.717, 1.165) is 32.2 Å². The van der Waals surface area contributed by atoms with E-state index in [1.165, 1.54) is 12.1 Å². The highest BCUT2D eigenvalue weighted by molar-refractivity contribution is 9.10. The van der Waals surface area contributed by atoms with Crippen LogP contribution in [0.2, 0.25) is 0 Å². The molecule has 1 heterocycles. The Morgan fingerprint density at radius 3 is 2.95 bits per heavy atom. The minimum absolute atomic E-state index is 0.0286. The van der Waals surface area contributed by atoms with Crippen LogP contribution in [0.15, 0.2) is 22.7 Å². The van der Waals surface area contributed by atoms with Crippen molar-refractivity contribution in [3.8, 4) is 0 Å². The second-order valence-electron chi connectivity index (χ2n) is 4.94. The highest BCUT2D eigenvalue weighted by Crippen LogP contribution is 2.29. The van der Waals surface area contributed by atoms with Crippen molar-refractivity contribution in [2.75, 3.05) is 11.9 Å². The number of benzene rings is 1. The van der Waals surface area contributed by atoms with Crippen LogP contribution < -0.4 is 10.6 Å². The van der Waals surface area contributed by atoms with Crippen molar-refractivity contribution in [3.05, 3.63) is 28.5 Å². The Kier molecular flexibility index (Phi) is 4.58. The summed E-state index contributed by atoms with van der Waals surface area (Å²) in [5.41, 5.74) is 0.137. The lowest BCUT2D eigenvalue weighted by atomic mass is 9.91. The Morgan fingerprint density at radius 1 is 1.58 bits per heavy atom. The van der Waals surface area contributed by atoms with E-state index in [0.29, 0.717) is 10.2 Å². The van der Waals surface area contributed by atoms with E-state index < -0.39 is 5.54 Å². The smallest absolute Gasteiger partial charge is 0.244 e. The quantitative estimate of drug-likeness (QED) is 0.888. The van der Waals surface area contributed by atoms with Crippen molar-refractivity contribution < 1.29 is 9.18 Å². The average molecular weight is 329 g/mol. The van der Waals surface area contributed by atoms with Gasteiger partial charge in [0.1, 0.15) is 5.82 Å². The summed E-state index contributed by atoms with van der Waals surface area (Å²) < 4.78 is 13.6. The molecule has 0 aromatic heterocycles. The third-order valence-corrected chi connectivity index (χ3v) is 4.19. The number of anilines is 1. The van der Waals surface area contributed by atoms with E-state index in [1.54, 1.807) is 6.07 Å². The van der Waals surface area contributed by atoms with Crippen LogP contribution >= 0.6 is 15.9 Å². The molecule has 0 aliphatic carbocycles. The molecule has 0 spiro atoms. The standard InChI is InChI=1S/C14H18BrFN2O/c1-2-6-14(7-3-8-17-14)13(19)18-12-5-4-10(16)9-11(12)15/h4-5,9,17H,2-3,6-8H2,1H3,(H,18,19).